The zero-order chi connectivity index (χ0) is 24.3. The summed E-state index contributed by atoms with van der Waals surface area (Å²) in [5, 5.41) is 2.49. The highest BCUT2D eigenvalue weighted by Gasteiger charge is 2.34. The van der Waals surface area contributed by atoms with Crippen LogP contribution in [0.4, 0.5) is 29.3 Å². The fourth-order valence-corrected chi connectivity index (χ4v) is 3.52. The molecule has 1 heterocycles. The first-order valence-corrected chi connectivity index (χ1v) is 10.3. The Morgan fingerprint density at radius 1 is 1.12 bits per heavy atom. The van der Waals surface area contributed by atoms with Crippen molar-refractivity contribution >= 4 is 50.8 Å². The Bertz CT molecular complexity index is 1220. The van der Waals surface area contributed by atoms with E-state index in [1.165, 1.54) is 55.7 Å². The van der Waals surface area contributed by atoms with Gasteiger partial charge in [0, 0.05) is 23.8 Å². The Morgan fingerprint density at radius 3 is 2.39 bits per heavy atom. The minimum Gasteiger partial charge on any atom is -0.456 e. The summed E-state index contributed by atoms with van der Waals surface area (Å²) in [7, 11) is 1.46. The molecular formula is C21H15BrClF3N4O3. The van der Waals surface area contributed by atoms with Gasteiger partial charge in [0.15, 0.2) is 0 Å². The summed E-state index contributed by atoms with van der Waals surface area (Å²) in [4.78, 5) is 28.6. The molecule has 0 saturated carbocycles. The molecule has 0 spiro atoms. The van der Waals surface area contributed by atoms with Gasteiger partial charge in [-0.05, 0) is 42.5 Å². The van der Waals surface area contributed by atoms with Gasteiger partial charge in [-0.25, -0.2) is 4.79 Å². The maximum Gasteiger partial charge on any atom is 0.417 e. The monoisotopic (exact) mass is 542 g/mol. The number of ether oxygens (including phenoxy) is 1. The lowest BCUT2D eigenvalue weighted by Gasteiger charge is -2.23. The number of rotatable bonds is 5. The maximum absolute atomic E-state index is 13.3. The number of nitrogens with zero attached hydrogens (tertiary/aromatic N) is 2. The first-order chi connectivity index (χ1) is 15.5. The zero-order valence-corrected chi connectivity index (χ0v) is 19.1. The second kappa shape index (κ2) is 9.67. The van der Waals surface area contributed by atoms with Crippen molar-refractivity contribution < 1.29 is 27.5 Å². The van der Waals surface area contributed by atoms with E-state index in [1.54, 1.807) is 0 Å². The van der Waals surface area contributed by atoms with Crippen molar-refractivity contribution in [2.45, 2.75) is 6.18 Å². The highest BCUT2D eigenvalue weighted by molar-refractivity contribution is 9.10. The second-order valence-electron chi connectivity index (χ2n) is 6.51. The van der Waals surface area contributed by atoms with Crippen LogP contribution in [0.3, 0.4) is 0 Å². The maximum atomic E-state index is 13.3. The number of urea groups is 1. The molecule has 0 radical (unpaired) electrons. The van der Waals surface area contributed by atoms with E-state index >= 15 is 0 Å². The molecule has 3 N–H and O–H groups in total. The molecule has 0 fully saturated rings. The molecule has 0 bridgehead atoms. The molecular weight excluding hydrogens is 529 g/mol. The molecule has 0 atom stereocenters. The molecule has 12 heteroatoms. The van der Waals surface area contributed by atoms with Gasteiger partial charge in [0.1, 0.15) is 17.2 Å². The number of hydrogen-bond donors (Lipinski definition) is 2. The summed E-state index contributed by atoms with van der Waals surface area (Å²) in [5.74, 6) is 0.0325. The molecule has 0 saturated heterocycles. The predicted octanol–water partition coefficient (Wildman–Crippen LogP) is 5.89. The lowest BCUT2D eigenvalue weighted by Crippen LogP contribution is -2.31. The summed E-state index contributed by atoms with van der Waals surface area (Å²) in [6, 6.07) is 9.30. The molecule has 0 aliphatic heterocycles. The van der Waals surface area contributed by atoms with Crippen LogP contribution in [0.1, 0.15) is 16.1 Å². The molecule has 0 aliphatic rings. The van der Waals surface area contributed by atoms with E-state index in [9.17, 15) is 22.8 Å². The predicted molar refractivity (Wildman–Crippen MR) is 120 cm³/mol. The van der Waals surface area contributed by atoms with E-state index in [2.05, 4.69) is 26.2 Å². The van der Waals surface area contributed by atoms with Gasteiger partial charge in [0.05, 0.1) is 22.0 Å². The lowest BCUT2D eigenvalue weighted by atomic mass is 10.1. The van der Waals surface area contributed by atoms with Crippen LogP contribution >= 0.6 is 27.5 Å². The average Bonchev–Trinajstić information content (AvgIpc) is 2.75. The number of carbonyl (C=O) groups excluding carboxylic acids is 2. The smallest absolute Gasteiger partial charge is 0.417 e. The second-order valence-corrected chi connectivity index (χ2v) is 7.77. The van der Waals surface area contributed by atoms with Crippen molar-refractivity contribution in [2.75, 3.05) is 11.9 Å². The molecule has 33 heavy (non-hydrogen) atoms. The molecule has 3 amide bonds. The molecule has 1 aromatic heterocycles. The van der Waals surface area contributed by atoms with Crippen molar-refractivity contribution in [2.24, 2.45) is 5.73 Å². The van der Waals surface area contributed by atoms with E-state index in [-0.39, 0.29) is 38.1 Å². The van der Waals surface area contributed by atoms with Gasteiger partial charge in [-0.3, -0.25) is 14.7 Å². The minimum atomic E-state index is -4.65. The highest BCUT2D eigenvalue weighted by Crippen LogP contribution is 2.40. The van der Waals surface area contributed by atoms with Crippen LogP contribution in [0.5, 0.6) is 11.5 Å². The van der Waals surface area contributed by atoms with Crippen LogP contribution in [-0.4, -0.2) is 24.0 Å². The SMILES string of the molecule is CNC(=O)c1cc(Oc2ccc(N(C(N)=O)c3ccc(Br)c(C(F)(F)F)c3)cc2Cl)ccn1. The van der Waals surface area contributed by atoms with Crippen LogP contribution < -0.4 is 20.7 Å². The van der Waals surface area contributed by atoms with Crippen LogP contribution in [0, 0.1) is 0 Å². The van der Waals surface area contributed by atoms with Crippen molar-refractivity contribution in [1.82, 2.24) is 10.3 Å². The molecule has 0 aliphatic carbocycles. The summed E-state index contributed by atoms with van der Waals surface area (Å²) >= 11 is 9.15. The Balaban J connectivity index is 1.95. The highest BCUT2D eigenvalue weighted by atomic mass is 79.9. The lowest BCUT2D eigenvalue weighted by molar-refractivity contribution is -0.138. The third-order valence-electron chi connectivity index (χ3n) is 4.33. The summed E-state index contributed by atoms with van der Waals surface area (Å²) in [6.07, 6.45) is -3.27. The number of anilines is 2. The number of nitrogens with one attached hydrogen (secondary N) is 1. The van der Waals surface area contributed by atoms with Gasteiger partial charge >= 0.3 is 12.2 Å². The minimum absolute atomic E-state index is 0.0465. The average molecular weight is 544 g/mol. The normalized spacial score (nSPS) is 11.1. The van der Waals surface area contributed by atoms with Gasteiger partial charge in [-0.1, -0.05) is 27.5 Å². The van der Waals surface area contributed by atoms with Crippen LogP contribution in [-0.2, 0) is 6.18 Å². The number of aromatic nitrogens is 1. The Hall–Kier alpha value is -3.31. The van der Waals surface area contributed by atoms with Crippen molar-refractivity contribution in [3.05, 3.63) is 75.5 Å². The molecule has 172 valence electrons. The number of primary amides is 1. The van der Waals surface area contributed by atoms with E-state index < -0.39 is 23.7 Å². The zero-order valence-electron chi connectivity index (χ0n) is 16.8. The third-order valence-corrected chi connectivity index (χ3v) is 5.31. The van der Waals surface area contributed by atoms with Gasteiger partial charge in [0.2, 0.25) is 0 Å². The molecule has 0 unspecified atom stereocenters. The van der Waals surface area contributed by atoms with Gasteiger partial charge in [-0.2, -0.15) is 13.2 Å². The molecule has 2 aromatic carbocycles. The summed E-state index contributed by atoms with van der Waals surface area (Å²) in [6.45, 7) is 0. The topological polar surface area (TPSA) is 97.5 Å². The molecule has 3 rings (SSSR count). The quantitative estimate of drug-likeness (QED) is 0.420. The van der Waals surface area contributed by atoms with Crippen LogP contribution in [0.25, 0.3) is 0 Å². The van der Waals surface area contributed by atoms with E-state index in [1.807, 2.05) is 0 Å². The van der Waals surface area contributed by atoms with Crippen LogP contribution in [0.2, 0.25) is 5.02 Å². The molecule has 3 aromatic rings. The number of benzene rings is 2. The Labute approximate surface area is 199 Å². The number of carbonyl (C=O) groups is 2. The first-order valence-electron chi connectivity index (χ1n) is 9.13. The van der Waals surface area contributed by atoms with E-state index in [0.717, 1.165) is 11.0 Å². The largest absolute Gasteiger partial charge is 0.456 e. The standard InChI is InChI=1S/C21H15BrClF3N4O3/c1-28-19(31)17-10-13(6-7-29-17)33-18-5-3-12(9-16(18)23)30(20(27)32)11-2-4-15(22)14(8-11)21(24,25)26/h2-10H,1H3,(H2,27,32)(H,28,31). The van der Waals surface area contributed by atoms with Crippen molar-refractivity contribution in [3.8, 4) is 11.5 Å². The number of hydrogen-bond acceptors (Lipinski definition) is 4. The van der Waals surface area contributed by atoms with Gasteiger partial charge in [0.25, 0.3) is 5.91 Å². The summed E-state index contributed by atoms with van der Waals surface area (Å²) in [5.41, 5.74) is 4.61. The Morgan fingerprint density at radius 2 is 1.79 bits per heavy atom. The van der Waals surface area contributed by atoms with Crippen molar-refractivity contribution in [3.63, 3.8) is 0 Å². The van der Waals surface area contributed by atoms with Gasteiger partial charge < -0.3 is 15.8 Å². The number of halogens is 5. The third kappa shape index (κ3) is 5.55. The summed E-state index contributed by atoms with van der Waals surface area (Å²) < 4.78 is 45.4. The first kappa shape index (κ1) is 24.3. The molecule has 7 nitrogen and oxygen atoms in total. The number of pyridine rings is 1. The fourth-order valence-electron chi connectivity index (χ4n) is 2.84. The van der Waals surface area contributed by atoms with E-state index in [4.69, 9.17) is 22.1 Å². The fraction of sp³-hybridized carbons (Fsp3) is 0.0952. The number of nitrogens with two attached hydrogens (primary N) is 1. The van der Waals surface area contributed by atoms with Crippen molar-refractivity contribution in [1.29, 1.82) is 0 Å². The number of alkyl halides is 3. The Kier molecular flexibility index (Phi) is 7.13. The van der Waals surface area contributed by atoms with E-state index in [0.29, 0.717) is 0 Å². The van der Waals surface area contributed by atoms with Gasteiger partial charge in [-0.15, -0.1) is 0 Å². The van der Waals surface area contributed by atoms with Crippen LogP contribution in [0.15, 0.2) is 59.2 Å². The number of amides is 3.